The van der Waals surface area contributed by atoms with E-state index in [1.54, 1.807) is 12.1 Å². The Bertz CT molecular complexity index is 590. The third-order valence-corrected chi connectivity index (χ3v) is 3.20. The third-order valence-electron chi connectivity index (χ3n) is 3.20. The lowest BCUT2D eigenvalue weighted by molar-refractivity contribution is -0.143. The van der Waals surface area contributed by atoms with Gasteiger partial charge in [0, 0.05) is 0 Å². The predicted octanol–water partition coefficient (Wildman–Crippen LogP) is 3.47. The summed E-state index contributed by atoms with van der Waals surface area (Å²) in [5.74, 6) is -0.663. The quantitative estimate of drug-likeness (QED) is 0.790. The van der Waals surface area contributed by atoms with Gasteiger partial charge in [-0.25, -0.2) is 4.39 Å². The van der Waals surface area contributed by atoms with E-state index in [0.717, 1.165) is 5.56 Å². The molecule has 110 valence electrons. The first kappa shape index (κ1) is 15.0. The van der Waals surface area contributed by atoms with E-state index >= 15 is 0 Å². The predicted molar refractivity (Wildman–Crippen MR) is 77.8 cm³/mol. The molecule has 0 aliphatic carbocycles. The van der Waals surface area contributed by atoms with E-state index in [2.05, 4.69) is 0 Å². The van der Waals surface area contributed by atoms with Gasteiger partial charge in [-0.3, -0.25) is 4.79 Å². The summed E-state index contributed by atoms with van der Waals surface area (Å²) in [5.41, 5.74) is 1.79. The van der Waals surface area contributed by atoms with Gasteiger partial charge in [-0.05, 0) is 36.8 Å². The van der Waals surface area contributed by atoms with Crippen LogP contribution in [0.1, 0.15) is 17.0 Å². The van der Waals surface area contributed by atoms with Gasteiger partial charge in [0.25, 0.3) is 0 Å². The molecule has 1 unspecified atom stereocenters. The number of aryl methyl sites for hydroxylation is 1. The zero-order valence-electron chi connectivity index (χ0n) is 12.0. The Labute approximate surface area is 123 Å². The lowest BCUT2D eigenvalue weighted by Gasteiger charge is -2.16. The Balaban J connectivity index is 2.11. The minimum Gasteiger partial charge on any atom is -0.492 e. The maximum atomic E-state index is 13.0. The van der Waals surface area contributed by atoms with E-state index in [1.807, 2.05) is 31.2 Å². The van der Waals surface area contributed by atoms with Crippen molar-refractivity contribution in [1.29, 1.82) is 0 Å². The van der Waals surface area contributed by atoms with E-state index in [4.69, 9.17) is 9.47 Å². The van der Waals surface area contributed by atoms with Crippen LogP contribution in [0.5, 0.6) is 5.75 Å². The first-order chi connectivity index (χ1) is 10.1. The van der Waals surface area contributed by atoms with Crippen molar-refractivity contribution >= 4 is 5.97 Å². The first-order valence-corrected chi connectivity index (χ1v) is 6.63. The highest BCUT2D eigenvalue weighted by atomic mass is 19.1. The number of carbonyl (C=O) groups is 1. The van der Waals surface area contributed by atoms with E-state index in [-0.39, 0.29) is 12.4 Å². The number of benzene rings is 2. The zero-order chi connectivity index (χ0) is 15.2. The van der Waals surface area contributed by atoms with Crippen LogP contribution in [-0.2, 0) is 9.53 Å². The molecule has 0 aromatic heterocycles. The molecule has 4 heteroatoms. The van der Waals surface area contributed by atoms with Crippen LogP contribution < -0.4 is 4.74 Å². The van der Waals surface area contributed by atoms with Crippen LogP contribution in [0.2, 0.25) is 0 Å². The average molecular weight is 288 g/mol. The van der Waals surface area contributed by atoms with Crippen molar-refractivity contribution in [2.45, 2.75) is 12.8 Å². The fraction of sp³-hybridized carbons (Fsp3) is 0.235. The molecule has 0 bridgehead atoms. The monoisotopic (exact) mass is 288 g/mol. The topological polar surface area (TPSA) is 35.5 Å². The summed E-state index contributed by atoms with van der Waals surface area (Å²) < 4.78 is 23.4. The second-order valence-electron chi connectivity index (χ2n) is 4.75. The molecule has 3 nitrogen and oxygen atoms in total. The van der Waals surface area contributed by atoms with E-state index < -0.39 is 11.9 Å². The molecule has 0 N–H and O–H groups in total. The zero-order valence-corrected chi connectivity index (χ0v) is 12.0. The third kappa shape index (κ3) is 4.05. The van der Waals surface area contributed by atoms with Gasteiger partial charge in [0.2, 0.25) is 0 Å². The lowest BCUT2D eigenvalue weighted by atomic mass is 10.0. The maximum Gasteiger partial charge on any atom is 0.316 e. The number of esters is 1. The number of hydrogen-bond donors (Lipinski definition) is 0. The Hall–Kier alpha value is -2.36. The highest BCUT2D eigenvalue weighted by Crippen LogP contribution is 2.20. The molecular weight excluding hydrogens is 271 g/mol. The summed E-state index contributed by atoms with van der Waals surface area (Å²) in [5, 5.41) is 0. The molecule has 2 aromatic rings. The minimum absolute atomic E-state index is 0.140. The summed E-state index contributed by atoms with van der Waals surface area (Å²) in [4.78, 5) is 11.9. The molecule has 0 fully saturated rings. The number of ether oxygens (including phenoxy) is 2. The van der Waals surface area contributed by atoms with E-state index in [1.165, 1.54) is 19.2 Å². The van der Waals surface area contributed by atoms with Crippen LogP contribution in [0.4, 0.5) is 4.39 Å². The summed E-state index contributed by atoms with van der Waals surface area (Å²) in [6.07, 6.45) is 0. The van der Waals surface area contributed by atoms with Gasteiger partial charge in [-0.2, -0.15) is 0 Å². The van der Waals surface area contributed by atoms with Crippen LogP contribution in [-0.4, -0.2) is 19.7 Å². The number of rotatable bonds is 5. The number of methoxy groups -OCH3 is 1. The molecule has 0 aliphatic heterocycles. The molecule has 0 radical (unpaired) electrons. The van der Waals surface area contributed by atoms with Gasteiger partial charge >= 0.3 is 5.97 Å². The molecule has 0 aliphatic rings. The molecule has 1 atom stereocenters. The Kier molecular flexibility index (Phi) is 4.93. The molecule has 0 spiro atoms. The molecule has 0 saturated carbocycles. The highest BCUT2D eigenvalue weighted by Gasteiger charge is 2.22. The Morgan fingerprint density at radius 3 is 2.29 bits per heavy atom. The van der Waals surface area contributed by atoms with Crippen LogP contribution in [0.25, 0.3) is 0 Å². The second kappa shape index (κ2) is 6.88. The minimum atomic E-state index is -0.586. The number of carbonyl (C=O) groups excluding carboxylic acids is 1. The molecule has 0 heterocycles. The number of halogens is 1. The van der Waals surface area contributed by atoms with Gasteiger partial charge in [-0.1, -0.05) is 29.8 Å². The van der Waals surface area contributed by atoms with Gasteiger partial charge in [0.15, 0.2) is 0 Å². The van der Waals surface area contributed by atoms with Crippen molar-refractivity contribution in [3.05, 3.63) is 65.5 Å². The largest absolute Gasteiger partial charge is 0.492 e. The second-order valence-corrected chi connectivity index (χ2v) is 4.75. The Morgan fingerprint density at radius 1 is 1.10 bits per heavy atom. The van der Waals surface area contributed by atoms with E-state index in [9.17, 15) is 9.18 Å². The highest BCUT2D eigenvalue weighted by molar-refractivity contribution is 5.78. The Morgan fingerprint density at radius 2 is 1.71 bits per heavy atom. The molecule has 2 rings (SSSR count). The fourth-order valence-electron chi connectivity index (χ4n) is 1.95. The van der Waals surface area contributed by atoms with Crippen LogP contribution in [0.3, 0.4) is 0 Å². The fourth-order valence-corrected chi connectivity index (χ4v) is 1.95. The molecule has 0 saturated heterocycles. The lowest BCUT2D eigenvalue weighted by Crippen LogP contribution is -2.21. The van der Waals surface area contributed by atoms with Crippen LogP contribution in [0, 0.1) is 12.7 Å². The summed E-state index contributed by atoms with van der Waals surface area (Å²) in [7, 11) is 1.32. The van der Waals surface area contributed by atoms with Gasteiger partial charge in [-0.15, -0.1) is 0 Å². The van der Waals surface area contributed by atoms with E-state index in [0.29, 0.717) is 11.3 Å². The standard InChI is InChI=1S/C17H17FO3/c1-12-3-9-15(10-4-12)21-11-16(17(19)20-2)13-5-7-14(18)8-6-13/h3-10,16H,11H2,1-2H3. The maximum absolute atomic E-state index is 13.0. The summed E-state index contributed by atoms with van der Waals surface area (Å²) >= 11 is 0. The molecule has 2 aromatic carbocycles. The van der Waals surface area contributed by atoms with Crippen molar-refractivity contribution in [3.63, 3.8) is 0 Å². The van der Waals surface area contributed by atoms with Crippen LogP contribution in [0.15, 0.2) is 48.5 Å². The van der Waals surface area contributed by atoms with Gasteiger partial charge in [0.1, 0.15) is 24.1 Å². The van der Waals surface area contributed by atoms with Crippen molar-refractivity contribution in [2.24, 2.45) is 0 Å². The van der Waals surface area contributed by atoms with Gasteiger partial charge in [0.05, 0.1) is 7.11 Å². The summed E-state index contributed by atoms with van der Waals surface area (Å²) in [6, 6.07) is 13.3. The molecular formula is C17H17FO3. The summed E-state index contributed by atoms with van der Waals surface area (Å²) in [6.45, 7) is 2.13. The van der Waals surface area contributed by atoms with Crippen molar-refractivity contribution in [3.8, 4) is 5.75 Å². The van der Waals surface area contributed by atoms with Crippen molar-refractivity contribution in [1.82, 2.24) is 0 Å². The number of hydrogen-bond acceptors (Lipinski definition) is 3. The smallest absolute Gasteiger partial charge is 0.316 e. The van der Waals surface area contributed by atoms with Gasteiger partial charge < -0.3 is 9.47 Å². The van der Waals surface area contributed by atoms with Crippen LogP contribution >= 0.6 is 0 Å². The van der Waals surface area contributed by atoms with Crippen molar-refractivity contribution < 1.29 is 18.7 Å². The molecule has 21 heavy (non-hydrogen) atoms. The SMILES string of the molecule is COC(=O)C(COc1ccc(C)cc1)c1ccc(F)cc1. The average Bonchev–Trinajstić information content (AvgIpc) is 2.50. The normalized spacial score (nSPS) is 11.8. The van der Waals surface area contributed by atoms with Crippen molar-refractivity contribution in [2.75, 3.05) is 13.7 Å². The molecule has 0 amide bonds. The first-order valence-electron chi connectivity index (χ1n) is 6.63.